The van der Waals surface area contributed by atoms with Crippen molar-refractivity contribution >= 4 is 58.2 Å². The summed E-state index contributed by atoms with van der Waals surface area (Å²) in [6.07, 6.45) is 2.05. The lowest BCUT2D eigenvalue weighted by molar-refractivity contribution is -0.143. The van der Waals surface area contributed by atoms with Crippen LogP contribution in [0.4, 0.5) is 0 Å². The van der Waals surface area contributed by atoms with Gasteiger partial charge in [-0.3, -0.25) is 24.0 Å². The number of benzene rings is 1. The first-order valence-corrected chi connectivity index (χ1v) is 13.3. The minimum atomic E-state index is -1.65. The zero-order chi connectivity index (χ0) is 29.1. The van der Waals surface area contributed by atoms with Gasteiger partial charge in [0, 0.05) is 17.1 Å². The highest BCUT2D eigenvalue weighted by Gasteiger charge is 2.32. The number of aromatic nitrogens is 1. The number of amides is 4. The van der Waals surface area contributed by atoms with Crippen LogP contribution in [0.25, 0.3) is 10.9 Å². The van der Waals surface area contributed by atoms with Crippen molar-refractivity contribution in [2.24, 2.45) is 11.5 Å². The zero-order valence-corrected chi connectivity index (χ0v) is 22.0. The lowest BCUT2D eigenvalue weighted by Crippen LogP contribution is -2.58. The standard InChI is InChI=1S/C24H32N6O8S/c1-39-7-6-16(24(37)38)28-22(35)17(9-19(26)31)30-23(36)18(10-20(32)33)29-21(34)14(25)8-12-11-27-15-5-3-2-4-13(12)15/h2-5,11,14,16-18,27H,6-10,25H2,1H3,(H2,26,31)(H,28,35)(H,29,34)(H,30,36)(H,32,33)(H,37,38). The molecule has 0 aliphatic rings. The van der Waals surface area contributed by atoms with E-state index in [0.29, 0.717) is 5.75 Å². The highest BCUT2D eigenvalue weighted by Crippen LogP contribution is 2.18. The number of thioether (sulfide) groups is 1. The number of hydrogen-bond acceptors (Lipinski definition) is 8. The molecule has 1 aromatic heterocycles. The van der Waals surface area contributed by atoms with E-state index in [9.17, 15) is 39.0 Å². The van der Waals surface area contributed by atoms with Gasteiger partial charge >= 0.3 is 11.9 Å². The van der Waals surface area contributed by atoms with Gasteiger partial charge in [-0.25, -0.2) is 4.79 Å². The van der Waals surface area contributed by atoms with Gasteiger partial charge in [0.2, 0.25) is 23.6 Å². The van der Waals surface area contributed by atoms with Crippen molar-refractivity contribution in [1.29, 1.82) is 0 Å². The summed E-state index contributed by atoms with van der Waals surface area (Å²) in [6, 6.07) is 1.63. The molecular weight excluding hydrogens is 532 g/mol. The SMILES string of the molecule is CSCCC(NC(=O)C(CC(N)=O)NC(=O)C(CC(=O)O)NC(=O)C(N)Cc1c[nH]c2ccccc12)C(=O)O. The van der Waals surface area contributed by atoms with Crippen molar-refractivity contribution in [3.63, 3.8) is 0 Å². The van der Waals surface area contributed by atoms with Gasteiger partial charge in [-0.15, -0.1) is 0 Å². The molecule has 0 spiro atoms. The van der Waals surface area contributed by atoms with Crippen LogP contribution < -0.4 is 27.4 Å². The van der Waals surface area contributed by atoms with E-state index in [2.05, 4.69) is 20.9 Å². The number of primary amides is 1. The van der Waals surface area contributed by atoms with E-state index in [1.807, 2.05) is 24.3 Å². The summed E-state index contributed by atoms with van der Waals surface area (Å²) < 4.78 is 0. The van der Waals surface area contributed by atoms with Gasteiger partial charge in [-0.2, -0.15) is 11.8 Å². The second-order valence-electron chi connectivity index (χ2n) is 8.74. The quantitative estimate of drug-likeness (QED) is 0.119. The molecule has 1 heterocycles. The van der Waals surface area contributed by atoms with Gasteiger partial charge in [0.05, 0.1) is 18.9 Å². The Bertz CT molecular complexity index is 1220. The fraction of sp³-hybridized carbons (Fsp3) is 0.417. The van der Waals surface area contributed by atoms with Gasteiger partial charge in [0.1, 0.15) is 18.1 Å². The highest BCUT2D eigenvalue weighted by molar-refractivity contribution is 7.98. The van der Waals surface area contributed by atoms with Crippen molar-refractivity contribution in [1.82, 2.24) is 20.9 Å². The molecule has 212 valence electrons. The van der Waals surface area contributed by atoms with Crippen LogP contribution in [-0.4, -0.2) is 86.9 Å². The molecule has 2 rings (SSSR count). The molecule has 2 aromatic rings. The molecule has 0 saturated carbocycles. The number of aromatic amines is 1. The minimum absolute atomic E-state index is 0.0749. The third-order valence-electron chi connectivity index (χ3n) is 5.73. The van der Waals surface area contributed by atoms with E-state index in [1.54, 1.807) is 12.5 Å². The molecule has 0 aliphatic heterocycles. The summed E-state index contributed by atoms with van der Waals surface area (Å²) in [6.45, 7) is 0. The summed E-state index contributed by atoms with van der Waals surface area (Å²) in [4.78, 5) is 75.9. The normalized spacial score (nSPS) is 14.0. The molecule has 39 heavy (non-hydrogen) atoms. The fourth-order valence-corrected chi connectivity index (χ4v) is 4.21. The topological polar surface area (TPSA) is 247 Å². The summed E-state index contributed by atoms with van der Waals surface area (Å²) in [5.41, 5.74) is 12.8. The maximum atomic E-state index is 12.9. The Morgan fingerprint density at radius 2 is 1.51 bits per heavy atom. The Balaban J connectivity index is 2.13. The maximum absolute atomic E-state index is 12.9. The van der Waals surface area contributed by atoms with Crippen molar-refractivity contribution in [2.75, 3.05) is 12.0 Å². The van der Waals surface area contributed by atoms with E-state index in [1.165, 1.54) is 11.8 Å². The van der Waals surface area contributed by atoms with Crippen LogP contribution >= 0.6 is 11.8 Å². The molecule has 1 aromatic carbocycles. The molecule has 4 amide bonds. The molecule has 10 N–H and O–H groups in total. The zero-order valence-electron chi connectivity index (χ0n) is 21.1. The van der Waals surface area contributed by atoms with Crippen LogP contribution in [0.1, 0.15) is 24.8 Å². The van der Waals surface area contributed by atoms with Crippen molar-refractivity contribution in [2.45, 2.75) is 49.9 Å². The molecule has 14 nitrogen and oxygen atoms in total. The van der Waals surface area contributed by atoms with Crippen LogP contribution in [0, 0.1) is 0 Å². The number of para-hydroxylation sites is 1. The smallest absolute Gasteiger partial charge is 0.326 e. The molecule has 0 aliphatic carbocycles. The summed E-state index contributed by atoms with van der Waals surface area (Å²) in [5.74, 6) is -6.24. The van der Waals surface area contributed by atoms with Gasteiger partial charge in [0.15, 0.2) is 0 Å². The van der Waals surface area contributed by atoms with Gasteiger partial charge in [-0.1, -0.05) is 18.2 Å². The number of aliphatic carboxylic acids is 2. The number of H-pyrrole nitrogens is 1. The number of carboxylic acid groups (broad SMARTS) is 2. The number of carbonyl (C=O) groups excluding carboxylic acids is 4. The third kappa shape index (κ3) is 9.61. The Kier molecular flexibility index (Phi) is 11.7. The number of hydrogen-bond donors (Lipinski definition) is 8. The number of carbonyl (C=O) groups is 6. The second-order valence-corrected chi connectivity index (χ2v) is 9.73. The second kappa shape index (κ2) is 14.7. The number of nitrogens with one attached hydrogen (secondary N) is 4. The Morgan fingerprint density at radius 3 is 2.10 bits per heavy atom. The molecule has 0 radical (unpaired) electrons. The van der Waals surface area contributed by atoms with Crippen LogP contribution in [0.3, 0.4) is 0 Å². The number of fused-ring (bicyclic) bond motifs is 1. The largest absolute Gasteiger partial charge is 0.481 e. The van der Waals surface area contributed by atoms with Crippen molar-refractivity contribution < 1.29 is 39.0 Å². The average molecular weight is 565 g/mol. The van der Waals surface area contributed by atoms with E-state index in [4.69, 9.17) is 11.5 Å². The Morgan fingerprint density at radius 1 is 0.923 bits per heavy atom. The summed E-state index contributed by atoms with van der Waals surface area (Å²) in [7, 11) is 0. The molecule has 0 bridgehead atoms. The van der Waals surface area contributed by atoms with Crippen LogP contribution in [0.2, 0.25) is 0 Å². The maximum Gasteiger partial charge on any atom is 0.326 e. The predicted octanol–water partition coefficient (Wildman–Crippen LogP) is -1.32. The van der Waals surface area contributed by atoms with E-state index < -0.39 is 72.6 Å². The first-order chi connectivity index (χ1) is 18.4. The van der Waals surface area contributed by atoms with E-state index >= 15 is 0 Å². The average Bonchev–Trinajstić information content (AvgIpc) is 3.27. The van der Waals surface area contributed by atoms with Gasteiger partial charge in [0.25, 0.3) is 0 Å². The molecule has 0 fully saturated rings. The molecule has 4 unspecified atom stereocenters. The van der Waals surface area contributed by atoms with E-state index in [-0.39, 0.29) is 12.8 Å². The van der Waals surface area contributed by atoms with Crippen LogP contribution in [0.5, 0.6) is 0 Å². The summed E-state index contributed by atoms with van der Waals surface area (Å²) in [5, 5.41) is 26.2. The van der Waals surface area contributed by atoms with Crippen LogP contribution in [0.15, 0.2) is 30.5 Å². The number of nitrogens with two attached hydrogens (primary N) is 2. The fourth-order valence-electron chi connectivity index (χ4n) is 3.74. The summed E-state index contributed by atoms with van der Waals surface area (Å²) >= 11 is 1.36. The molecular formula is C24H32N6O8S. The Labute approximate surface area is 227 Å². The molecule has 0 saturated heterocycles. The minimum Gasteiger partial charge on any atom is -0.481 e. The van der Waals surface area contributed by atoms with Crippen molar-refractivity contribution in [3.8, 4) is 0 Å². The molecule has 4 atom stereocenters. The van der Waals surface area contributed by atoms with Crippen LogP contribution in [-0.2, 0) is 35.2 Å². The van der Waals surface area contributed by atoms with E-state index in [0.717, 1.165) is 16.5 Å². The molecule has 15 heteroatoms. The van der Waals surface area contributed by atoms with Gasteiger partial charge < -0.3 is 42.6 Å². The highest BCUT2D eigenvalue weighted by atomic mass is 32.2. The van der Waals surface area contributed by atoms with Gasteiger partial charge in [-0.05, 0) is 36.5 Å². The van der Waals surface area contributed by atoms with Crippen molar-refractivity contribution in [3.05, 3.63) is 36.0 Å². The lowest BCUT2D eigenvalue weighted by Gasteiger charge is -2.24. The lowest BCUT2D eigenvalue weighted by atomic mass is 10.0. The monoisotopic (exact) mass is 564 g/mol. The first-order valence-electron chi connectivity index (χ1n) is 11.9. The first kappa shape index (κ1) is 31.1. The predicted molar refractivity (Wildman–Crippen MR) is 142 cm³/mol. The Hall–Kier alpha value is -4.11. The number of rotatable bonds is 16. The third-order valence-corrected chi connectivity index (χ3v) is 6.37. The number of carboxylic acids is 2.